The lowest BCUT2D eigenvalue weighted by Gasteiger charge is -2.36. The third kappa shape index (κ3) is 4.00. The van der Waals surface area contributed by atoms with Crippen molar-refractivity contribution in [1.82, 2.24) is 10.2 Å². The molecule has 0 spiro atoms. The molecule has 2 rings (SSSR count). The summed E-state index contributed by atoms with van der Waals surface area (Å²) in [6.45, 7) is 4.31. The molecule has 1 heterocycles. The second-order valence-corrected chi connectivity index (χ2v) is 6.61. The zero-order chi connectivity index (χ0) is 15.2. The summed E-state index contributed by atoms with van der Waals surface area (Å²) in [4.78, 5) is 26.3. The number of thioether (sulfide) groups is 1. The first-order valence-electron chi connectivity index (χ1n) is 7.36. The Balaban J connectivity index is 2.09. The maximum atomic E-state index is 12.7. The molecule has 1 aromatic rings. The number of carbonyl (C=O) groups is 2. The summed E-state index contributed by atoms with van der Waals surface area (Å²) in [5, 5.41) is 2.80. The molecule has 114 valence electrons. The minimum Gasteiger partial charge on any atom is -0.339 e. The van der Waals surface area contributed by atoms with E-state index >= 15 is 0 Å². The van der Waals surface area contributed by atoms with Gasteiger partial charge in [0.25, 0.3) is 5.91 Å². The zero-order valence-corrected chi connectivity index (χ0v) is 13.4. The highest BCUT2D eigenvalue weighted by Gasteiger charge is 2.35. The van der Waals surface area contributed by atoms with E-state index in [1.807, 2.05) is 49.0 Å². The van der Waals surface area contributed by atoms with Gasteiger partial charge in [0.05, 0.1) is 6.54 Å². The van der Waals surface area contributed by atoms with Gasteiger partial charge in [0.1, 0.15) is 6.04 Å². The normalized spacial score (nSPS) is 20.3. The van der Waals surface area contributed by atoms with Crippen LogP contribution in [0.15, 0.2) is 30.3 Å². The van der Waals surface area contributed by atoms with E-state index in [0.717, 1.165) is 23.5 Å². The van der Waals surface area contributed by atoms with Crippen molar-refractivity contribution in [2.75, 3.05) is 18.1 Å². The Hall–Kier alpha value is -1.49. The number of rotatable bonds is 6. The fraction of sp³-hybridized carbons (Fsp3) is 0.500. The number of nitrogens with one attached hydrogen (secondary N) is 1. The van der Waals surface area contributed by atoms with E-state index < -0.39 is 6.04 Å². The number of benzene rings is 1. The number of hydrogen-bond acceptors (Lipinski definition) is 3. The molecule has 21 heavy (non-hydrogen) atoms. The predicted octanol–water partition coefficient (Wildman–Crippen LogP) is 2.22. The van der Waals surface area contributed by atoms with Crippen LogP contribution in [0, 0.1) is 0 Å². The van der Waals surface area contributed by atoms with Gasteiger partial charge in [0.2, 0.25) is 5.91 Å². The van der Waals surface area contributed by atoms with Gasteiger partial charge >= 0.3 is 0 Å². The summed E-state index contributed by atoms with van der Waals surface area (Å²) in [6.07, 6.45) is 0.916. The predicted molar refractivity (Wildman–Crippen MR) is 86.1 cm³/mol. The highest BCUT2D eigenvalue weighted by Crippen LogP contribution is 2.22. The lowest BCUT2D eigenvalue weighted by Crippen LogP contribution is -2.56. The van der Waals surface area contributed by atoms with Crippen molar-refractivity contribution < 1.29 is 9.59 Å². The molecular weight excluding hydrogens is 284 g/mol. The van der Waals surface area contributed by atoms with Gasteiger partial charge in [-0.2, -0.15) is 11.8 Å². The summed E-state index contributed by atoms with van der Waals surface area (Å²) < 4.78 is 0. The van der Waals surface area contributed by atoms with Crippen LogP contribution >= 0.6 is 11.8 Å². The van der Waals surface area contributed by atoms with Crippen LogP contribution in [0.25, 0.3) is 0 Å². The lowest BCUT2D eigenvalue weighted by atomic mass is 10.0. The van der Waals surface area contributed by atoms with Crippen LogP contribution in [-0.2, 0) is 9.59 Å². The molecule has 2 unspecified atom stereocenters. The molecule has 1 N–H and O–H groups in total. The largest absolute Gasteiger partial charge is 0.339 e. The van der Waals surface area contributed by atoms with Crippen molar-refractivity contribution in [2.45, 2.75) is 32.4 Å². The maximum absolute atomic E-state index is 12.7. The molecule has 0 saturated carbocycles. The summed E-state index contributed by atoms with van der Waals surface area (Å²) in [7, 11) is 0. The van der Waals surface area contributed by atoms with E-state index in [0.29, 0.717) is 0 Å². The summed E-state index contributed by atoms with van der Waals surface area (Å²) in [5.74, 6) is 2.00. The SMILES string of the molecule is CCSCCC(C)N1CC(=O)NC(c2ccccc2)C1=O. The van der Waals surface area contributed by atoms with E-state index in [9.17, 15) is 9.59 Å². The standard InChI is InChI=1S/C16H22N2O2S/c1-3-21-10-9-12(2)18-11-14(19)17-15(16(18)20)13-7-5-4-6-8-13/h4-8,12,15H,3,9-11H2,1-2H3,(H,17,19). The number of carbonyl (C=O) groups excluding carboxylic acids is 2. The molecule has 1 aromatic carbocycles. The fourth-order valence-electron chi connectivity index (χ4n) is 2.47. The molecule has 0 bridgehead atoms. The minimum atomic E-state index is -0.547. The first kappa shape index (κ1) is 15.9. The van der Waals surface area contributed by atoms with Crippen molar-refractivity contribution in [2.24, 2.45) is 0 Å². The Labute approximate surface area is 130 Å². The third-order valence-electron chi connectivity index (χ3n) is 3.70. The minimum absolute atomic E-state index is 0.00482. The molecule has 1 aliphatic heterocycles. The molecule has 4 nitrogen and oxygen atoms in total. The Kier molecular flexibility index (Phi) is 5.67. The molecule has 5 heteroatoms. The number of amides is 2. The Bertz CT molecular complexity index is 492. The van der Waals surface area contributed by atoms with Crippen molar-refractivity contribution in [3.8, 4) is 0 Å². The number of hydrogen-bond donors (Lipinski definition) is 1. The van der Waals surface area contributed by atoms with E-state index in [4.69, 9.17) is 0 Å². The number of piperazine rings is 1. The van der Waals surface area contributed by atoms with Crippen molar-refractivity contribution in [1.29, 1.82) is 0 Å². The van der Waals surface area contributed by atoms with Gasteiger partial charge in [0, 0.05) is 6.04 Å². The summed E-state index contributed by atoms with van der Waals surface area (Å²) in [5.41, 5.74) is 0.843. The molecule has 0 aliphatic carbocycles. The molecule has 1 saturated heterocycles. The second kappa shape index (κ2) is 7.50. The van der Waals surface area contributed by atoms with Gasteiger partial charge in [-0.15, -0.1) is 0 Å². The van der Waals surface area contributed by atoms with Gasteiger partial charge in [-0.3, -0.25) is 9.59 Å². The van der Waals surface area contributed by atoms with E-state index in [1.54, 1.807) is 4.90 Å². The van der Waals surface area contributed by atoms with Gasteiger partial charge in [-0.05, 0) is 30.4 Å². The first-order chi connectivity index (χ1) is 10.1. The third-order valence-corrected chi connectivity index (χ3v) is 4.63. The zero-order valence-electron chi connectivity index (χ0n) is 12.5. The summed E-state index contributed by atoms with van der Waals surface area (Å²) in [6, 6.07) is 8.97. The molecule has 1 aliphatic rings. The van der Waals surface area contributed by atoms with Crippen LogP contribution in [0.4, 0.5) is 0 Å². The monoisotopic (exact) mass is 306 g/mol. The van der Waals surface area contributed by atoms with Crippen molar-refractivity contribution in [3.05, 3.63) is 35.9 Å². The Morgan fingerprint density at radius 2 is 2.05 bits per heavy atom. The van der Waals surface area contributed by atoms with Crippen molar-refractivity contribution >= 4 is 23.6 Å². The van der Waals surface area contributed by atoms with Crippen LogP contribution in [0.5, 0.6) is 0 Å². The molecule has 1 fully saturated rings. The van der Waals surface area contributed by atoms with Crippen molar-refractivity contribution in [3.63, 3.8) is 0 Å². The fourth-order valence-corrected chi connectivity index (χ4v) is 3.26. The highest BCUT2D eigenvalue weighted by molar-refractivity contribution is 7.99. The van der Waals surface area contributed by atoms with E-state index in [-0.39, 0.29) is 24.4 Å². The Morgan fingerprint density at radius 1 is 1.33 bits per heavy atom. The van der Waals surface area contributed by atoms with Crippen LogP contribution in [-0.4, -0.2) is 40.8 Å². The van der Waals surface area contributed by atoms with Gasteiger partial charge in [0.15, 0.2) is 0 Å². The van der Waals surface area contributed by atoms with Gasteiger partial charge in [-0.25, -0.2) is 0 Å². The maximum Gasteiger partial charge on any atom is 0.250 e. The molecule has 0 radical (unpaired) electrons. The van der Waals surface area contributed by atoms with Gasteiger partial charge < -0.3 is 10.2 Å². The molecule has 0 aromatic heterocycles. The first-order valence-corrected chi connectivity index (χ1v) is 8.51. The van der Waals surface area contributed by atoms with Crippen LogP contribution in [0.3, 0.4) is 0 Å². The topological polar surface area (TPSA) is 49.4 Å². The van der Waals surface area contributed by atoms with Crippen LogP contribution < -0.4 is 5.32 Å². The Morgan fingerprint density at radius 3 is 2.71 bits per heavy atom. The average molecular weight is 306 g/mol. The molecule has 2 amide bonds. The van der Waals surface area contributed by atoms with Crippen LogP contribution in [0.1, 0.15) is 31.9 Å². The smallest absolute Gasteiger partial charge is 0.250 e. The van der Waals surface area contributed by atoms with E-state index in [1.165, 1.54) is 0 Å². The number of nitrogens with zero attached hydrogens (tertiary/aromatic N) is 1. The van der Waals surface area contributed by atoms with Gasteiger partial charge in [-0.1, -0.05) is 37.3 Å². The summed E-state index contributed by atoms with van der Waals surface area (Å²) >= 11 is 1.86. The second-order valence-electron chi connectivity index (χ2n) is 5.21. The quantitative estimate of drug-likeness (QED) is 0.820. The average Bonchev–Trinajstić information content (AvgIpc) is 2.50. The molecular formula is C16H22N2O2S. The molecule has 2 atom stereocenters. The van der Waals surface area contributed by atoms with E-state index in [2.05, 4.69) is 12.2 Å². The highest BCUT2D eigenvalue weighted by atomic mass is 32.2. The lowest BCUT2D eigenvalue weighted by molar-refractivity contribution is -0.146. The van der Waals surface area contributed by atoms with Crippen LogP contribution in [0.2, 0.25) is 0 Å².